The van der Waals surface area contributed by atoms with Crippen LogP contribution in [0.2, 0.25) is 5.02 Å². The van der Waals surface area contributed by atoms with Gasteiger partial charge in [-0.1, -0.05) is 29.8 Å². The fourth-order valence-corrected chi connectivity index (χ4v) is 2.13. The Morgan fingerprint density at radius 3 is 2.37 bits per heavy atom. The van der Waals surface area contributed by atoms with Crippen LogP contribution < -0.4 is 4.74 Å². The number of para-hydroxylation sites is 1. The molecule has 3 heteroatoms. The van der Waals surface area contributed by atoms with Crippen molar-refractivity contribution in [2.75, 3.05) is 0 Å². The Morgan fingerprint density at radius 2 is 1.68 bits per heavy atom. The predicted octanol–water partition coefficient (Wildman–Crippen LogP) is 4.87. The van der Waals surface area contributed by atoms with Gasteiger partial charge in [-0.05, 0) is 49.6 Å². The molecule has 98 valence electrons. The second kappa shape index (κ2) is 5.45. The summed E-state index contributed by atoms with van der Waals surface area (Å²) < 4.78 is 5.91. The van der Waals surface area contributed by atoms with Gasteiger partial charge in [-0.25, -0.2) is 0 Å². The minimum atomic E-state index is 0.413. The van der Waals surface area contributed by atoms with Gasteiger partial charge >= 0.3 is 0 Å². The number of hydrogen-bond acceptors (Lipinski definition) is 2. The standard InChI is InChI=1S/C16H15ClO2/c1-10-7-8-11(2)15(12(10)3)19-16-13(9-18)5-4-6-14(16)17/h4-9H,1-3H3. The third-order valence-corrected chi connectivity index (χ3v) is 3.50. The maximum absolute atomic E-state index is 11.1. The number of benzene rings is 2. The van der Waals surface area contributed by atoms with E-state index in [2.05, 4.69) is 0 Å². The molecule has 0 aromatic heterocycles. The SMILES string of the molecule is Cc1ccc(C)c(Oc2c(Cl)cccc2C=O)c1C. The number of rotatable bonds is 3. The number of halogens is 1. The monoisotopic (exact) mass is 274 g/mol. The van der Waals surface area contributed by atoms with E-state index in [0.717, 1.165) is 28.7 Å². The van der Waals surface area contributed by atoms with Crippen LogP contribution in [0.3, 0.4) is 0 Å². The van der Waals surface area contributed by atoms with E-state index in [0.29, 0.717) is 16.3 Å². The average molecular weight is 275 g/mol. The molecule has 0 N–H and O–H groups in total. The van der Waals surface area contributed by atoms with Crippen molar-refractivity contribution in [1.29, 1.82) is 0 Å². The molecule has 2 aromatic rings. The molecule has 0 bridgehead atoms. The van der Waals surface area contributed by atoms with E-state index in [4.69, 9.17) is 16.3 Å². The van der Waals surface area contributed by atoms with Gasteiger partial charge in [-0.2, -0.15) is 0 Å². The van der Waals surface area contributed by atoms with E-state index >= 15 is 0 Å². The molecule has 0 heterocycles. The van der Waals surface area contributed by atoms with Gasteiger partial charge in [-0.3, -0.25) is 4.79 Å². The van der Waals surface area contributed by atoms with Crippen LogP contribution in [0.4, 0.5) is 0 Å². The van der Waals surface area contributed by atoms with Gasteiger partial charge in [0, 0.05) is 0 Å². The maximum atomic E-state index is 11.1. The van der Waals surface area contributed by atoms with E-state index in [-0.39, 0.29) is 0 Å². The first-order chi connectivity index (χ1) is 9.04. The van der Waals surface area contributed by atoms with Crippen molar-refractivity contribution in [2.45, 2.75) is 20.8 Å². The Hall–Kier alpha value is -1.80. The van der Waals surface area contributed by atoms with E-state index in [1.54, 1.807) is 18.2 Å². The topological polar surface area (TPSA) is 26.3 Å². The van der Waals surface area contributed by atoms with E-state index in [1.165, 1.54) is 0 Å². The first kappa shape index (κ1) is 13.6. The molecule has 0 aliphatic heterocycles. The van der Waals surface area contributed by atoms with E-state index in [9.17, 15) is 4.79 Å². The highest BCUT2D eigenvalue weighted by atomic mass is 35.5. The van der Waals surface area contributed by atoms with Crippen LogP contribution in [0.1, 0.15) is 27.0 Å². The van der Waals surface area contributed by atoms with Crippen LogP contribution in [-0.4, -0.2) is 6.29 Å². The Balaban J connectivity index is 2.53. The van der Waals surface area contributed by atoms with Crippen LogP contribution in [0.25, 0.3) is 0 Å². The van der Waals surface area contributed by atoms with Gasteiger partial charge < -0.3 is 4.74 Å². The van der Waals surface area contributed by atoms with Gasteiger partial charge in [0.15, 0.2) is 12.0 Å². The summed E-state index contributed by atoms with van der Waals surface area (Å²) >= 11 is 6.12. The minimum Gasteiger partial charge on any atom is -0.454 e. The number of hydrogen-bond donors (Lipinski definition) is 0. The third-order valence-electron chi connectivity index (χ3n) is 3.20. The normalized spacial score (nSPS) is 10.3. The quantitative estimate of drug-likeness (QED) is 0.747. The van der Waals surface area contributed by atoms with Crippen molar-refractivity contribution >= 4 is 17.9 Å². The second-order valence-corrected chi connectivity index (χ2v) is 4.94. The smallest absolute Gasteiger partial charge is 0.156 e. The summed E-state index contributed by atoms with van der Waals surface area (Å²) in [4.78, 5) is 11.1. The molecular formula is C16H15ClO2. The van der Waals surface area contributed by atoms with Crippen molar-refractivity contribution in [3.63, 3.8) is 0 Å². The predicted molar refractivity (Wildman–Crippen MR) is 77.6 cm³/mol. The lowest BCUT2D eigenvalue weighted by atomic mass is 10.1. The Labute approximate surface area is 118 Å². The summed E-state index contributed by atoms with van der Waals surface area (Å²) in [7, 11) is 0. The van der Waals surface area contributed by atoms with Crippen LogP contribution >= 0.6 is 11.6 Å². The number of carbonyl (C=O) groups excluding carboxylic acids is 1. The first-order valence-corrected chi connectivity index (χ1v) is 6.40. The van der Waals surface area contributed by atoms with E-state index in [1.807, 2.05) is 32.9 Å². The highest BCUT2D eigenvalue weighted by Gasteiger charge is 2.13. The summed E-state index contributed by atoms with van der Waals surface area (Å²) in [6, 6.07) is 9.17. The first-order valence-electron chi connectivity index (χ1n) is 6.03. The summed E-state index contributed by atoms with van der Waals surface area (Å²) in [5, 5.41) is 0.435. The molecule has 0 unspecified atom stereocenters. The Morgan fingerprint density at radius 1 is 1.00 bits per heavy atom. The van der Waals surface area contributed by atoms with Gasteiger partial charge in [0.25, 0.3) is 0 Å². The van der Waals surface area contributed by atoms with Crippen molar-refractivity contribution in [1.82, 2.24) is 0 Å². The molecule has 0 aliphatic carbocycles. The molecule has 0 spiro atoms. The lowest BCUT2D eigenvalue weighted by molar-refractivity contribution is 0.112. The lowest BCUT2D eigenvalue weighted by Gasteiger charge is -2.15. The van der Waals surface area contributed by atoms with Crippen LogP contribution in [0.15, 0.2) is 30.3 Å². The average Bonchev–Trinajstić information content (AvgIpc) is 2.40. The zero-order chi connectivity index (χ0) is 14.0. The Bertz CT molecular complexity index is 633. The van der Waals surface area contributed by atoms with Gasteiger partial charge in [0.2, 0.25) is 0 Å². The summed E-state index contributed by atoms with van der Waals surface area (Å²) in [6.45, 7) is 5.99. The molecule has 2 aromatic carbocycles. The maximum Gasteiger partial charge on any atom is 0.156 e. The summed E-state index contributed by atoms with van der Waals surface area (Å²) in [5.41, 5.74) is 3.66. The van der Waals surface area contributed by atoms with Gasteiger partial charge in [0.1, 0.15) is 5.75 Å². The number of aryl methyl sites for hydroxylation is 2. The third kappa shape index (κ3) is 2.64. The zero-order valence-electron chi connectivity index (χ0n) is 11.2. The molecule has 0 radical (unpaired) electrons. The molecule has 0 saturated carbocycles. The molecule has 0 atom stereocenters. The second-order valence-electron chi connectivity index (χ2n) is 4.53. The fraction of sp³-hybridized carbons (Fsp3) is 0.188. The van der Waals surface area contributed by atoms with Crippen LogP contribution in [-0.2, 0) is 0 Å². The van der Waals surface area contributed by atoms with Crippen LogP contribution in [0.5, 0.6) is 11.5 Å². The molecule has 0 fully saturated rings. The van der Waals surface area contributed by atoms with Crippen molar-refractivity contribution in [3.05, 3.63) is 57.6 Å². The highest BCUT2D eigenvalue weighted by Crippen LogP contribution is 2.36. The fourth-order valence-electron chi connectivity index (χ4n) is 1.91. The summed E-state index contributed by atoms with van der Waals surface area (Å²) in [6.07, 6.45) is 0.752. The van der Waals surface area contributed by atoms with Crippen molar-refractivity contribution in [3.8, 4) is 11.5 Å². The number of carbonyl (C=O) groups is 1. The van der Waals surface area contributed by atoms with Crippen molar-refractivity contribution in [2.24, 2.45) is 0 Å². The summed E-state index contributed by atoms with van der Waals surface area (Å²) in [5.74, 6) is 1.17. The van der Waals surface area contributed by atoms with Gasteiger partial charge in [0.05, 0.1) is 10.6 Å². The van der Waals surface area contributed by atoms with Crippen LogP contribution in [0, 0.1) is 20.8 Å². The molecule has 0 amide bonds. The number of aldehydes is 1. The number of ether oxygens (including phenoxy) is 1. The molecule has 2 nitrogen and oxygen atoms in total. The van der Waals surface area contributed by atoms with Crippen molar-refractivity contribution < 1.29 is 9.53 Å². The lowest BCUT2D eigenvalue weighted by Crippen LogP contribution is -1.96. The molecule has 0 aliphatic rings. The molecule has 19 heavy (non-hydrogen) atoms. The Kier molecular flexibility index (Phi) is 3.91. The molecular weight excluding hydrogens is 260 g/mol. The van der Waals surface area contributed by atoms with Gasteiger partial charge in [-0.15, -0.1) is 0 Å². The minimum absolute atomic E-state index is 0.413. The zero-order valence-corrected chi connectivity index (χ0v) is 11.9. The molecule has 2 rings (SSSR count). The highest BCUT2D eigenvalue weighted by molar-refractivity contribution is 6.32. The largest absolute Gasteiger partial charge is 0.454 e. The van der Waals surface area contributed by atoms with E-state index < -0.39 is 0 Å². The molecule has 0 saturated heterocycles.